The lowest BCUT2D eigenvalue weighted by molar-refractivity contribution is 0.0197. The van der Waals surface area contributed by atoms with Crippen LogP contribution < -0.4 is 5.43 Å². The van der Waals surface area contributed by atoms with Crippen molar-refractivity contribution in [3.8, 4) is 0 Å². The molecular formula is C21H31NO7S. The van der Waals surface area contributed by atoms with Crippen LogP contribution in [0.4, 0.5) is 4.79 Å². The van der Waals surface area contributed by atoms with Crippen LogP contribution in [0.3, 0.4) is 0 Å². The van der Waals surface area contributed by atoms with Crippen molar-refractivity contribution in [2.45, 2.75) is 59.2 Å². The molecule has 0 saturated carbocycles. The van der Waals surface area contributed by atoms with E-state index in [2.05, 4.69) is 0 Å². The van der Waals surface area contributed by atoms with Crippen molar-refractivity contribution in [1.29, 1.82) is 0 Å². The van der Waals surface area contributed by atoms with Gasteiger partial charge in [0.05, 0.1) is 11.8 Å². The highest BCUT2D eigenvalue weighted by Crippen LogP contribution is 2.22. The van der Waals surface area contributed by atoms with Gasteiger partial charge in [-0.2, -0.15) is 8.42 Å². The predicted molar refractivity (Wildman–Crippen MR) is 114 cm³/mol. The summed E-state index contributed by atoms with van der Waals surface area (Å²) in [5, 5.41) is 0. The maximum Gasteiger partial charge on any atom is 0.410 e. The molecule has 1 aliphatic rings. The van der Waals surface area contributed by atoms with Gasteiger partial charge < -0.3 is 14.1 Å². The number of nitrogens with zero attached hydrogens (tertiary/aromatic N) is 1. The number of piperidine rings is 1. The molecular weight excluding hydrogens is 410 g/mol. The first-order valence-electron chi connectivity index (χ1n) is 10.0. The molecule has 1 fully saturated rings. The molecule has 9 heteroatoms. The average molecular weight is 442 g/mol. The summed E-state index contributed by atoms with van der Waals surface area (Å²) in [4.78, 5) is 26.4. The smallest absolute Gasteiger partial charge is 0.410 e. The molecule has 1 aromatic rings. The summed E-state index contributed by atoms with van der Waals surface area (Å²) in [5.74, 6) is 0.892. The summed E-state index contributed by atoms with van der Waals surface area (Å²) in [5.41, 5.74) is -0.306. The first kappa shape index (κ1) is 24.1. The molecule has 0 atom stereocenters. The van der Waals surface area contributed by atoms with Crippen LogP contribution in [0.25, 0.3) is 6.08 Å². The molecule has 30 heavy (non-hydrogen) atoms. The number of amides is 1. The van der Waals surface area contributed by atoms with Gasteiger partial charge in [0, 0.05) is 25.6 Å². The SMILES string of the molecule is CCc1oc(COS(C)(=O)=O)cc(=O)c1/C=C/C1CCN(C(=O)OC(C)(C)C)CC1. The summed E-state index contributed by atoms with van der Waals surface area (Å²) >= 11 is 0. The van der Waals surface area contributed by atoms with E-state index in [1.165, 1.54) is 6.07 Å². The Morgan fingerprint density at radius 2 is 1.93 bits per heavy atom. The molecule has 1 aliphatic heterocycles. The van der Waals surface area contributed by atoms with Crippen LogP contribution in [0, 0.1) is 5.92 Å². The highest BCUT2D eigenvalue weighted by Gasteiger charge is 2.26. The molecule has 2 heterocycles. The molecule has 0 aliphatic carbocycles. The monoisotopic (exact) mass is 441 g/mol. The summed E-state index contributed by atoms with van der Waals surface area (Å²) in [7, 11) is -3.62. The summed E-state index contributed by atoms with van der Waals surface area (Å²) in [6.45, 7) is 8.27. The second-order valence-electron chi connectivity index (χ2n) is 8.40. The summed E-state index contributed by atoms with van der Waals surface area (Å²) in [6, 6.07) is 1.26. The number of aryl methyl sites for hydroxylation is 1. The number of rotatable bonds is 6. The molecule has 8 nitrogen and oxygen atoms in total. The van der Waals surface area contributed by atoms with Crippen molar-refractivity contribution in [3.63, 3.8) is 0 Å². The van der Waals surface area contributed by atoms with E-state index in [-0.39, 0.29) is 29.8 Å². The van der Waals surface area contributed by atoms with Gasteiger partial charge in [-0.05, 0) is 39.5 Å². The molecule has 0 bridgehead atoms. The van der Waals surface area contributed by atoms with Crippen molar-refractivity contribution >= 4 is 22.3 Å². The van der Waals surface area contributed by atoms with E-state index >= 15 is 0 Å². The van der Waals surface area contributed by atoms with Crippen LogP contribution in [0.1, 0.15) is 57.6 Å². The number of likely N-dealkylation sites (tertiary alicyclic amines) is 1. The molecule has 0 N–H and O–H groups in total. The minimum absolute atomic E-state index is 0.171. The highest BCUT2D eigenvalue weighted by atomic mass is 32.2. The Kier molecular flexibility index (Phi) is 7.87. The number of carbonyl (C=O) groups is 1. The minimum Gasteiger partial charge on any atom is -0.463 e. The molecule has 2 rings (SSSR count). The average Bonchev–Trinajstić information content (AvgIpc) is 2.63. The number of hydrogen-bond donors (Lipinski definition) is 0. The lowest BCUT2D eigenvalue weighted by Gasteiger charge is -2.32. The fourth-order valence-corrected chi connectivity index (χ4v) is 3.44. The third-order valence-corrected chi connectivity index (χ3v) is 5.12. The lowest BCUT2D eigenvalue weighted by Crippen LogP contribution is -2.41. The van der Waals surface area contributed by atoms with Gasteiger partial charge in [-0.3, -0.25) is 8.98 Å². The third kappa shape index (κ3) is 7.60. The molecule has 1 saturated heterocycles. The molecule has 1 amide bonds. The van der Waals surface area contributed by atoms with E-state index in [4.69, 9.17) is 13.3 Å². The molecule has 0 spiro atoms. The zero-order valence-electron chi connectivity index (χ0n) is 18.3. The standard InChI is InChI=1S/C21H31NO7S/c1-6-19-17(18(23)13-16(28-19)14-27-30(5,25)26)8-7-15-9-11-22(12-10-15)20(24)29-21(2,3)4/h7-8,13,15H,6,9-12,14H2,1-5H3/b8-7+. The van der Waals surface area contributed by atoms with Crippen molar-refractivity contribution in [2.75, 3.05) is 19.3 Å². The van der Waals surface area contributed by atoms with Crippen molar-refractivity contribution in [1.82, 2.24) is 4.90 Å². The Morgan fingerprint density at radius 1 is 1.30 bits per heavy atom. The van der Waals surface area contributed by atoms with E-state index in [1.54, 1.807) is 11.0 Å². The molecule has 0 radical (unpaired) electrons. The minimum atomic E-state index is -3.62. The van der Waals surface area contributed by atoms with Crippen LogP contribution in [-0.4, -0.2) is 44.4 Å². The molecule has 0 unspecified atom stereocenters. The van der Waals surface area contributed by atoms with Crippen LogP contribution in [0.2, 0.25) is 0 Å². The second kappa shape index (κ2) is 9.78. The van der Waals surface area contributed by atoms with Gasteiger partial charge in [0.2, 0.25) is 0 Å². The Morgan fingerprint density at radius 3 is 2.47 bits per heavy atom. The maximum absolute atomic E-state index is 12.5. The Hall–Kier alpha value is -2.13. The van der Waals surface area contributed by atoms with Crippen LogP contribution in [-0.2, 0) is 32.1 Å². The second-order valence-corrected chi connectivity index (χ2v) is 10.0. The highest BCUT2D eigenvalue weighted by molar-refractivity contribution is 7.85. The number of hydrogen-bond acceptors (Lipinski definition) is 7. The van der Waals surface area contributed by atoms with E-state index in [0.29, 0.717) is 30.8 Å². The summed E-state index contributed by atoms with van der Waals surface area (Å²) in [6.07, 6.45) is 6.43. The number of carbonyl (C=O) groups excluding carboxylic acids is 1. The molecule has 1 aromatic heterocycles. The Balaban J connectivity index is 2.03. The van der Waals surface area contributed by atoms with E-state index in [1.807, 2.05) is 33.8 Å². The fourth-order valence-electron chi connectivity index (χ4n) is 3.11. The maximum atomic E-state index is 12.5. The largest absolute Gasteiger partial charge is 0.463 e. The van der Waals surface area contributed by atoms with Gasteiger partial charge in [0.15, 0.2) is 5.43 Å². The first-order valence-corrected chi connectivity index (χ1v) is 11.9. The van der Waals surface area contributed by atoms with Gasteiger partial charge >= 0.3 is 6.09 Å². The Labute approximate surface area is 178 Å². The van der Waals surface area contributed by atoms with Crippen molar-refractivity contribution in [3.05, 3.63) is 39.4 Å². The summed E-state index contributed by atoms with van der Waals surface area (Å²) < 4.78 is 38.0. The third-order valence-electron chi connectivity index (χ3n) is 4.57. The fraction of sp³-hybridized carbons (Fsp3) is 0.619. The van der Waals surface area contributed by atoms with E-state index in [0.717, 1.165) is 19.1 Å². The van der Waals surface area contributed by atoms with E-state index in [9.17, 15) is 18.0 Å². The quantitative estimate of drug-likeness (QED) is 0.624. The zero-order chi connectivity index (χ0) is 22.5. The topological polar surface area (TPSA) is 103 Å². The van der Waals surface area contributed by atoms with Gasteiger partial charge in [-0.1, -0.05) is 19.1 Å². The van der Waals surface area contributed by atoms with Crippen LogP contribution >= 0.6 is 0 Å². The normalized spacial score (nSPS) is 16.2. The Bertz CT molecular complexity index is 933. The lowest BCUT2D eigenvalue weighted by atomic mass is 9.95. The van der Waals surface area contributed by atoms with Gasteiger partial charge in [0.1, 0.15) is 23.7 Å². The number of allylic oxidation sites excluding steroid dienone is 1. The molecule has 168 valence electrons. The first-order chi connectivity index (χ1) is 13.9. The van der Waals surface area contributed by atoms with E-state index < -0.39 is 15.7 Å². The molecule has 0 aromatic carbocycles. The van der Waals surface area contributed by atoms with Gasteiger partial charge in [-0.25, -0.2) is 4.79 Å². The van der Waals surface area contributed by atoms with Gasteiger partial charge in [0.25, 0.3) is 10.1 Å². The predicted octanol–water partition coefficient (Wildman–Crippen LogP) is 3.34. The van der Waals surface area contributed by atoms with Crippen LogP contribution in [0.15, 0.2) is 21.4 Å². The van der Waals surface area contributed by atoms with Crippen LogP contribution in [0.5, 0.6) is 0 Å². The van der Waals surface area contributed by atoms with Crippen molar-refractivity contribution < 1.29 is 26.5 Å². The van der Waals surface area contributed by atoms with Crippen molar-refractivity contribution in [2.24, 2.45) is 5.92 Å². The van der Waals surface area contributed by atoms with Gasteiger partial charge in [-0.15, -0.1) is 0 Å². The zero-order valence-corrected chi connectivity index (χ0v) is 19.1. The number of ether oxygens (including phenoxy) is 1.